The van der Waals surface area contributed by atoms with Crippen molar-refractivity contribution in [1.29, 1.82) is 0 Å². The van der Waals surface area contributed by atoms with Crippen LogP contribution in [-0.4, -0.2) is 22.0 Å². The van der Waals surface area contributed by atoms with Crippen LogP contribution in [-0.2, 0) is 0 Å². The molecule has 1 fully saturated rings. The fourth-order valence-electron chi connectivity index (χ4n) is 2.80. The summed E-state index contributed by atoms with van der Waals surface area (Å²) in [7, 11) is 0. The summed E-state index contributed by atoms with van der Waals surface area (Å²) in [6.45, 7) is 4.98. The lowest BCUT2D eigenvalue weighted by Crippen LogP contribution is -2.37. The number of rotatable bonds is 6. The number of nitrogens with zero attached hydrogens (tertiary/aromatic N) is 2. The van der Waals surface area contributed by atoms with Crippen LogP contribution >= 0.6 is 0 Å². The summed E-state index contributed by atoms with van der Waals surface area (Å²) in [6.07, 6.45) is 6.76. The Morgan fingerprint density at radius 1 is 1.29 bits per heavy atom. The minimum absolute atomic E-state index is 0.0114. The van der Waals surface area contributed by atoms with Gasteiger partial charge in [-0.05, 0) is 26.2 Å². The highest BCUT2D eigenvalue weighted by Crippen LogP contribution is 2.32. The summed E-state index contributed by atoms with van der Waals surface area (Å²) < 4.78 is 0. The topological polar surface area (TPSA) is 80.1 Å². The fraction of sp³-hybridized carbons (Fsp3) is 0.667. The van der Waals surface area contributed by atoms with E-state index in [0.717, 1.165) is 25.8 Å². The first-order valence-electron chi connectivity index (χ1n) is 7.71. The SMILES string of the molecule is CCCNc1cc([N+](=O)[O-])cc(NC2(C)CCCCC2)n1. The Balaban J connectivity index is 2.20. The molecule has 1 aromatic rings. The van der Waals surface area contributed by atoms with E-state index in [4.69, 9.17) is 0 Å². The van der Waals surface area contributed by atoms with E-state index in [1.54, 1.807) is 0 Å². The summed E-state index contributed by atoms with van der Waals surface area (Å²) in [5, 5.41) is 17.6. The van der Waals surface area contributed by atoms with Crippen molar-refractivity contribution >= 4 is 17.3 Å². The van der Waals surface area contributed by atoms with Crippen LogP contribution in [0.4, 0.5) is 17.3 Å². The molecule has 6 heteroatoms. The van der Waals surface area contributed by atoms with Gasteiger partial charge in [0.05, 0.1) is 17.1 Å². The molecule has 1 aromatic heterocycles. The van der Waals surface area contributed by atoms with Gasteiger partial charge in [0.1, 0.15) is 11.6 Å². The van der Waals surface area contributed by atoms with E-state index in [0.29, 0.717) is 11.6 Å². The second kappa shape index (κ2) is 6.74. The van der Waals surface area contributed by atoms with Crippen LogP contribution in [0.5, 0.6) is 0 Å². The van der Waals surface area contributed by atoms with Gasteiger partial charge in [0.25, 0.3) is 5.69 Å². The van der Waals surface area contributed by atoms with Gasteiger partial charge < -0.3 is 10.6 Å². The molecule has 0 atom stereocenters. The molecule has 0 saturated heterocycles. The molecule has 6 nitrogen and oxygen atoms in total. The molecule has 0 amide bonds. The lowest BCUT2D eigenvalue weighted by molar-refractivity contribution is -0.384. The standard InChI is InChI=1S/C15H24N4O2/c1-3-9-16-13-10-12(19(20)21)11-14(17-13)18-15(2)7-5-4-6-8-15/h10-11H,3-9H2,1-2H3,(H2,16,17,18). The molecular formula is C15H24N4O2. The van der Waals surface area contributed by atoms with Crippen molar-refractivity contribution in [3.8, 4) is 0 Å². The van der Waals surface area contributed by atoms with Crippen LogP contribution in [0.25, 0.3) is 0 Å². The van der Waals surface area contributed by atoms with Crippen LogP contribution in [0.15, 0.2) is 12.1 Å². The zero-order valence-electron chi connectivity index (χ0n) is 12.8. The molecule has 1 saturated carbocycles. The van der Waals surface area contributed by atoms with E-state index in [9.17, 15) is 10.1 Å². The zero-order valence-corrected chi connectivity index (χ0v) is 12.8. The maximum Gasteiger partial charge on any atom is 0.276 e. The van der Waals surface area contributed by atoms with Crippen LogP contribution < -0.4 is 10.6 Å². The van der Waals surface area contributed by atoms with Gasteiger partial charge in [-0.2, -0.15) is 0 Å². The summed E-state index contributed by atoms with van der Waals surface area (Å²) in [6, 6.07) is 3.01. The van der Waals surface area contributed by atoms with Gasteiger partial charge in [-0.1, -0.05) is 26.2 Å². The highest BCUT2D eigenvalue weighted by atomic mass is 16.6. The Morgan fingerprint density at radius 3 is 2.57 bits per heavy atom. The van der Waals surface area contributed by atoms with E-state index < -0.39 is 0 Å². The van der Waals surface area contributed by atoms with Gasteiger partial charge in [0.2, 0.25) is 0 Å². The number of hydrogen-bond acceptors (Lipinski definition) is 5. The molecule has 0 aliphatic heterocycles. The Kier molecular flexibility index (Phi) is 4.98. The summed E-state index contributed by atoms with van der Waals surface area (Å²) in [5.74, 6) is 1.15. The Hall–Kier alpha value is -1.85. The van der Waals surface area contributed by atoms with Gasteiger partial charge in [-0.15, -0.1) is 0 Å². The normalized spacial score (nSPS) is 17.2. The maximum atomic E-state index is 11.1. The lowest BCUT2D eigenvalue weighted by Gasteiger charge is -2.35. The van der Waals surface area contributed by atoms with Crippen LogP contribution in [0.2, 0.25) is 0 Å². The number of anilines is 2. The van der Waals surface area contributed by atoms with Crippen molar-refractivity contribution in [2.75, 3.05) is 17.2 Å². The smallest absolute Gasteiger partial charge is 0.276 e. The number of hydrogen-bond donors (Lipinski definition) is 2. The molecule has 0 aromatic carbocycles. The maximum absolute atomic E-state index is 11.1. The summed E-state index contributed by atoms with van der Waals surface area (Å²) in [4.78, 5) is 15.2. The first-order valence-corrected chi connectivity index (χ1v) is 7.71. The lowest BCUT2D eigenvalue weighted by atomic mass is 9.83. The van der Waals surface area contributed by atoms with E-state index in [2.05, 4.69) is 22.5 Å². The second-order valence-electron chi connectivity index (χ2n) is 6.03. The number of pyridine rings is 1. The Labute approximate surface area is 125 Å². The van der Waals surface area contributed by atoms with Crippen molar-refractivity contribution < 1.29 is 4.92 Å². The Morgan fingerprint density at radius 2 is 1.95 bits per heavy atom. The molecule has 1 aliphatic rings. The van der Waals surface area contributed by atoms with Crippen molar-refractivity contribution in [2.24, 2.45) is 0 Å². The average molecular weight is 292 g/mol. The third kappa shape index (κ3) is 4.31. The molecule has 1 heterocycles. The van der Waals surface area contributed by atoms with E-state index in [1.165, 1.54) is 31.4 Å². The first kappa shape index (κ1) is 15.5. The Bertz CT molecular complexity index is 498. The van der Waals surface area contributed by atoms with Gasteiger partial charge in [-0.3, -0.25) is 10.1 Å². The molecule has 21 heavy (non-hydrogen) atoms. The quantitative estimate of drug-likeness (QED) is 0.613. The monoisotopic (exact) mass is 292 g/mol. The predicted molar refractivity (Wildman–Crippen MR) is 84.8 cm³/mol. The summed E-state index contributed by atoms with van der Waals surface area (Å²) >= 11 is 0. The van der Waals surface area contributed by atoms with Gasteiger partial charge in [-0.25, -0.2) is 4.98 Å². The second-order valence-corrected chi connectivity index (χ2v) is 6.03. The minimum Gasteiger partial charge on any atom is -0.370 e. The zero-order chi connectivity index (χ0) is 15.3. The third-order valence-corrected chi connectivity index (χ3v) is 3.96. The largest absolute Gasteiger partial charge is 0.370 e. The van der Waals surface area contributed by atoms with E-state index in [1.807, 2.05) is 6.92 Å². The summed E-state index contributed by atoms with van der Waals surface area (Å²) in [5.41, 5.74) is 0.0631. The highest BCUT2D eigenvalue weighted by molar-refractivity contribution is 5.55. The molecule has 0 spiro atoms. The highest BCUT2D eigenvalue weighted by Gasteiger charge is 2.27. The first-order chi connectivity index (χ1) is 10.0. The van der Waals surface area contributed by atoms with Crippen molar-refractivity contribution in [3.63, 3.8) is 0 Å². The van der Waals surface area contributed by atoms with Crippen molar-refractivity contribution in [3.05, 3.63) is 22.2 Å². The van der Waals surface area contributed by atoms with Crippen molar-refractivity contribution in [2.45, 2.75) is 57.9 Å². The molecule has 2 N–H and O–H groups in total. The fourth-order valence-corrected chi connectivity index (χ4v) is 2.80. The molecule has 0 unspecified atom stereocenters. The third-order valence-electron chi connectivity index (χ3n) is 3.96. The van der Waals surface area contributed by atoms with Gasteiger partial charge in [0.15, 0.2) is 0 Å². The van der Waals surface area contributed by atoms with E-state index in [-0.39, 0.29) is 16.1 Å². The van der Waals surface area contributed by atoms with Gasteiger partial charge >= 0.3 is 0 Å². The van der Waals surface area contributed by atoms with Crippen LogP contribution in [0, 0.1) is 10.1 Å². The average Bonchev–Trinajstić information content (AvgIpc) is 2.45. The molecule has 1 aliphatic carbocycles. The van der Waals surface area contributed by atoms with E-state index >= 15 is 0 Å². The molecule has 0 bridgehead atoms. The van der Waals surface area contributed by atoms with Crippen LogP contribution in [0.3, 0.4) is 0 Å². The number of aromatic nitrogens is 1. The molecular weight excluding hydrogens is 268 g/mol. The number of nitro groups is 1. The minimum atomic E-state index is -0.368. The molecule has 116 valence electrons. The van der Waals surface area contributed by atoms with Gasteiger partial charge in [0, 0.05) is 12.1 Å². The predicted octanol–water partition coefficient (Wildman–Crippen LogP) is 3.95. The number of nitrogens with one attached hydrogen (secondary N) is 2. The van der Waals surface area contributed by atoms with Crippen molar-refractivity contribution in [1.82, 2.24) is 4.98 Å². The van der Waals surface area contributed by atoms with Crippen LogP contribution in [0.1, 0.15) is 52.4 Å². The molecule has 0 radical (unpaired) electrons. The molecule has 2 rings (SSSR count).